The van der Waals surface area contributed by atoms with E-state index < -0.39 is 6.10 Å². The number of halogens is 1. The predicted octanol–water partition coefficient (Wildman–Crippen LogP) is 2.19. The number of β-lactam (4-membered cyclic amide) rings is 1. The largest absolute Gasteiger partial charge is 0.484 e. The molecule has 3 heterocycles. The first-order valence-electron chi connectivity index (χ1n) is 9.99. The van der Waals surface area contributed by atoms with Gasteiger partial charge in [-0.25, -0.2) is 4.39 Å². The van der Waals surface area contributed by atoms with E-state index in [1.807, 2.05) is 17.0 Å². The van der Waals surface area contributed by atoms with Crippen LogP contribution in [0.5, 0.6) is 5.75 Å². The quantitative estimate of drug-likeness (QED) is 0.679. The summed E-state index contributed by atoms with van der Waals surface area (Å²) in [6.07, 6.45) is 4.35. The first-order valence-corrected chi connectivity index (χ1v) is 9.99. The van der Waals surface area contributed by atoms with E-state index in [1.54, 1.807) is 24.4 Å². The lowest BCUT2D eigenvalue weighted by Gasteiger charge is -2.52. The van der Waals surface area contributed by atoms with Crippen LogP contribution in [-0.2, 0) is 14.3 Å². The van der Waals surface area contributed by atoms with Crippen LogP contribution in [0, 0.1) is 5.82 Å². The minimum atomic E-state index is -0.476. The molecule has 2 aromatic rings. The Kier molecular flexibility index (Phi) is 5.94. The molecule has 1 aromatic carbocycles. The van der Waals surface area contributed by atoms with Gasteiger partial charge in [-0.2, -0.15) is 0 Å². The number of nitrogens with zero attached hydrogens (tertiary/aromatic N) is 3. The fourth-order valence-corrected chi connectivity index (χ4v) is 4.18. The van der Waals surface area contributed by atoms with Crippen molar-refractivity contribution in [3.8, 4) is 5.75 Å². The number of rotatable bonds is 6. The SMILES string of the molecule is COC1C(=O)N(C2CCN(C(=O)COc3ccc(F)cc3)CC2)C1c1ccncc1. The number of hydrogen-bond donors (Lipinski definition) is 0. The Morgan fingerprint density at radius 3 is 2.43 bits per heavy atom. The number of piperidine rings is 1. The molecule has 2 atom stereocenters. The van der Waals surface area contributed by atoms with Crippen LogP contribution in [0.3, 0.4) is 0 Å². The summed E-state index contributed by atoms with van der Waals surface area (Å²) < 4.78 is 23.8. The van der Waals surface area contributed by atoms with E-state index in [-0.39, 0.29) is 36.3 Å². The molecule has 7 nitrogen and oxygen atoms in total. The van der Waals surface area contributed by atoms with Crippen molar-refractivity contribution in [3.05, 3.63) is 60.2 Å². The lowest BCUT2D eigenvalue weighted by atomic mass is 9.86. The number of likely N-dealkylation sites (tertiary alicyclic amines) is 2. The van der Waals surface area contributed by atoms with Crippen molar-refractivity contribution in [2.45, 2.75) is 31.0 Å². The van der Waals surface area contributed by atoms with Gasteiger partial charge in [0.25, 0.3) is 11.8 Å². The zero-order chi connectivity index (χ0) is 21.1. The average Bonchev–Trinajstić information content (AvgIpc) is 2.78. The van der Waals surface area contributed by atoms with Gasteiger partial charge in [-0.1, -0.05) is 0 Å². The number of ether oxygens (including phenoxy) is 2. The third kappa shape index (κ3) is 4.00. The highest BCUT2D eigenvalue weighted by atomic mass is 19.1. The third-order valence-electron chi connectivity index (χ3n) is 5.77. The van der Waals surface area contributed by atoms with Gasteiger partial charge in [0.05, 0.1) is 6.04 Å². The van der Waals surface area contributed by atoms with Crippen molar-refractivity contribution in [2.75, 3.05) is 26.8 Å². The predicted molar refractivity (Wildman–Crippen MR) is 106 cm³/mol. The van der Waals surface area contributed by atoms with E-state index in [9.17, 15) is 14.0 Å². The summed E-state index contributed by atoms with van der Waals surface area (Å²) in [5.74, 6) is -0.0226. The highest BCUT2D eigenvalue weighted by Gasteiger charge is 2.51. The van der Waals surface area contributed by atoms with Crippen molar-refractivity contribution >= 4 is 11.8 Å². The highest BCUT2D eigenvalue weighted by Crippen LogP contribution is 2.40. The van der Waals surface area contributed by atoms with E-state index >= 15 is 0 Å². The van der Waals surface area contributed by atoms with Crippen LogP contribution in [0.1, 0.15) is 24.4 Å². The molecule has 2 aliphatic rings. The fourth-order valence-electron chi connectivity index (χ4n) is 4.18. The van der Waals surface area contributed by atoms with Gasteiger partial charge in [-0.05, 0) is 54.8 Å². The second kappa shape index (κ2) is 8.79. The van der Waals surface area contributed by atoms with Crippen LogP contribution >= 0.6 is 0 Å². The summed E-state index contributed by atoms with van der Waals surface area (Å²) >= 11 is 0. The molecular formula is C22H24FN3O4. The van der Waals surface area contributed by atoms with Gasteiger partial charge in [0.1, 0.15) is 11.6 Å². The number of methoxy groups -OCH3 is 1. The van der Waals surface area contributed by atoms with Crippen LogP contribution in [0.2, 0.25) is 0 Å². The maximum Gasteiger partial charge on any atom is 0.260 e. The van der Waals surface area contributed by atoms with Gasteiger partial charge in [0.2, 0.25) is 0 Å². The van der Waals surface area contributed by atoms with Gasteiger partial charge in [-0.3, -0.25) is 14.6 Å². The number of benzene rings is 1. The van der Waals surface area contributed by atoms with Crippen LogP contribution in [0.15, 0.2) is 48.8 Å². The number of carbonyl (C=O) groups is 2. The zero-order valence-electron chi connectivity index (χ0n) is 16.7. The van der Waals surface area contributed by atoms with E-state index in [4.69, 9.17) is 9.47 Å². The van der Waals surface area contributed by atoms with Crippen molar-refractivity contribution in [3.63, 3.8) is 0 Å². The number of amides is 2. The maximum atomic E-state index is 13.0. The second-order valence-electron chi connectivity index (χ2n) is 7.48. The van der Waals surface area contributed by atoms with E-state index in [2.05, 4.69) is 4.98 Å². The molecule has 0 N–H and O–H groups in total. The molecule has 1 aromatic heterocycles. The molecule has 2 saturated heterocycles. The Morgan fingerprint density at radius 1 is 1.13 bits per heavy atom. The Labute approximate surface area is 174 Å². The third-order valence-corrected chi connectivity index (χ3v) is 5.77. The van der Waals surface area contributed by atoms with E-state index in [1.165, 1.54) is 24.3 Å². The molecule has 158 valence electrons. The number of hydrogen-bond acceptors (Lipinski definition) is 5. The van der Waals surface area contributed by atoms with Crippen molar-refractivity contribution < 1.29 is 23.5 Å². The van der Waals surface area contributed by atoms with Crippen molar-refractivity contribution in [1.29, 1.82) is 0 Å². The van der Waals surface area contributed by atoms with E-state index in [0.717, 1.165) is 5.56 Å². The normalized spacial score (nSPS) is 22.0. The lowest BCUT2D eigenvalue weighted by molar-refractivity contribution is -0.178. The highest BCUT2D eigenvalue weighted by molar-refractivity contribution is 5.89. The van der Waals surface area contributed by atoms with E-state index in [0.29, 0.717) is 31.7 Å². The summed E-state index contributed by atoms with van der Waals surface area (Å²) in [6, 6.07) is 9.32. The molecule has 2 unspecified atom stereocenters. The molecule has 30 heavy (non-hydrogen) atoms. The molecule has 4 rings (SSSR count). The maximum absolute atomic E-state index is 13.0. The molecule has 0 radical (unpaired) electrons. The molecule has 2 aliphatic heterocycles. The summed E-state index contributed by atoms with van der Waals surface area (Å²) in [4.78, 5) is 32.8. The second-order valence-corrected chi connectivity index (χ2v) is 7.48. The standard InChI is InChI=1S/C22H24FN3O4/c1-29-21-20(15-6-10-24-11-7-15)26(22(21)28)17-8-12-25(13-9-17)19(27)14-30-18-4-2-16(23)3-5-18/h2-7,10-11,17,20-21H,8-9,12-14H2,1H3. The van der Waals surface area contributed by atoms with Crippen molar-refractivity contribution in [2.24, 2.45) is 0 Å². The first kappa shape index (κ1) is 20.3. The Bertz CT molecular complexity index is 885. The monoisotopic (exact) mass is 413 g/mol. The molecule has 2 fully saturated rings. The molecule has 0 aliphatic carbocycles. The summed E-state index contributed by atoms with van der Waals surface area (Å²) in [5.41, 5.74) is 1.00. The molecule has 0 spiro atoms. The number of carbonyl (C=O) groups excluding carboxylic acids is 2. The molecule has 8 heteroatoms. The zero-order valence-corrected chi connectivity index (χ0v) is 16.7. The van der Waals surface area contributed by atoms with Crippen LogP contribution < -0.4 is 4.74 Å². The van der Waals surface area contributed by atoms with Crippen LogP contribution in [-0.4, -0.2) is 65.6 Å². The number of aromatic nitrogens is 1. The Balaban J connectivity index is 1.32. The summed E-state index contributed by atoms with van der Waals surface area (Å²) in [5, 5.41) is 0. The fraction of sp³-hybridized carbons (Fsp3) is 0.409. The minimum absolute atomic E-state index is 0.0104. The minimum Gasteiger partial charge on any atom is -0.484 e. The number of pyridine rings is 1. The molecular weight excluding hydrogens is 389 g/mol. The van der Waals surface area contributed by atoms with Gasteiger partial charge in [0.15, 0.2) is 12.7 Å². The van der Waals surface area contributed by atoms with Gasteiger partial charge >= 0.3 is 0 Å². The van der Waals surface area contributed by atoms with Crippen molar-refractivity contribution in [1.82, 2.24) is 14.8 Å². The molecule has 0 bridgehead atoms. The smallest absolute Gasteiger partial charge is 0.260 e. The molecule has 2 amide bonds. The molecule has 0 saturated carbocycles. The summed E-state index contributed by atoms with van der Waals surface area (Å²) in [6.45, 7) is 1.02. The average molecular weight is 413 g/mol. The van der Waals surface area contributed by atoms with Crippen LogP contribution in [0.25, 0.3) is 0 Å². The summed E-state index contributed by atoms with van der Waals surface area (Å²) in [7, 11) is 1.55. The van der Waals surface area contributed by atoms with Gasteiger partial charge in [0, 0.05) is 38.6 Å². The van der Waals surface area contributed by atoms with Gasteiger partial charge < -0.3 is 19.3 Å². The Hall–Kier alpha value is -3.00. The first-order chi connectivity index (χ1) is 14.6. The lowest BCUT2D eigenvalue weighted by Crippen LogP contribution is -2.64. The topological polar surface area (TPSA) is 72.0 Å². The van der Waals surface area contributed by atoms with Crippen LogP contribution in [0.4, 0.5) is 4.39 Å². The van der Waals surface area contributed by atoms with Gasteiger partial charge in [-0.15, -0.1) is 0 Å². The Morgan fingerprint density at radius 2 is 1.80 bits per heavy atom.